The number of carbonyl (C=O) groups excluding carboxylic acids is 1. The molecule has 0 N–H and O–H groups in total. The van der Waals surface area contributed by atoms with Gasteiger partial charge in [-0.05, 0) is 12.8 Å². The Bertz CT molecular complexity index is 202. The lowest BCUT2D eigenvalue weighted by Gasteiger charge is -2.03. The van der Waals surface area contributed by atoms with Crippen molar-refractivity contribution >= 4 is 5.78 Å². The molecule has 0 atom stereocenters. The van der Waals surface area contributed by atoms with Gasteiger partial charge in [-0.2, -0.15) is 0 Å². The van der Waals surface area contributed by atoms with E-state index in [2.05, 4.69) is 13.8 Å². The quantitative estimate of drug-likeness (QED) is 0.341. The molecule has 20 heavy (non-hydrogen) atoms. The van der Waals surface area contributed by atoms with E-state index >= 15 is 0 Å². The molecule has 0 saturated carbocycles. The SMILES string of the molecule is CCCCCCCCCCCCC(=O)CCOCCC. The number of rotatable bonds is 16. The van der Waals surface area contributed by atoms with Gasteiger partial charge in [0.25, 0.3) is 0 Å². The van der Waals surface area contributed by atoms with Crippen molar-refractivity contribution in [2.45, 2.75) is 97.3 Å². The Kier molecular flexibility index (Phi) is 16.4. The largest absolute Gasteiger partial charge is 0.381 e. The van der Waals surface area contributed by atoms with E-state index in [1.54, 1.807) is 0 Å². The summed E-state index contributed by atoms with van der Waals surface area (Å²) in [5, 5.41) is 0. The molecule has 120 valence electrons. The van der Waals surface area contributed by atoms with Crippen molar-refractivity contribution < 1.29 is 9.53 Å². The first-order valence-electron chi connectivity index (χ1n) is 8.90. The van der Waals surface area contributed by atoms with Gasteiger partial charge in [0.1, 0.15) is 5.78 Å². The molecule has 0 fully saturated rings. The van der Waals surface area contributed by atoms with Crippen LogP contribution in [0.1, 0.15) is 97.3 Å². The van der Waals surface area contributed by atoms with Gasteiger partial charge in [-0.15, -0.1) is 0 Å². The van der Waals surface area contributed by atoms with Crippen molar-refractivity contribution in [3.05, 3.63) is 0 Å². The van der Waals surface area contributed by atoms with Gasteiger partial charge in [0.2, 0.25) is 0 Å². The van der Waals surface area contributed by atoms with Crippen LogP contribution < -0.4 is 0 Å². The maximum atomic E-state index is 11.6. The summed E-state index contributed by atoms with van der Waals surface area (Å²) in [4.78, 5) is 11.6. The van der Waals surface area contributed by atoms with Crippen LogP contribution in [0.2, 0.25) is 0 Å². The van der Waals surface area contributed by atoms with Gasteiger partial charge in [-0.25, -0.2) is 0 Å². The second kappa shape index (κ2) is 16.7. The molecule has 2 heteroatoms. The minimum atomic E-state index is 0.376. The lowest BCUT2D eigenvalue weighted by molar-refractivity contribution is -0.120. The summed E-state index contributed by atoms with van der Waals surface area (Å²) < 4.78 is 5.33. The molecule has 0 aliphatic heterocycles. The number of unbranched alkanes of at least 4 members (excludes halogenated alkanes) is 9. The molecular formula is C18H36O2. The molecular weight excluding hydrogens is 248 g/mol. The summed E-state index contributed by atoms with van der Waals surface area (Å²) >= 11 is 0. The van der Waals surface area contributed by atoms with E-state index in [-0.39, 0.29) is 0 Å². The van der Waals surface area contributed by atoms with Gasteiger partial charge in [0.05, 0.1) is 6.61 Å². The first-order valence-corrected chi connectivity index (χ1v) is 8.90. The van der Waals surface area contributed by atoms with Crippen molar-refractivity contribution in [1.29, 1.82) is 0 Å². The maximum Gasteiger partial charge on any atom is 0.135 e. The van der Waals surface area contributed by atoms with E-state index in [4.69, 9.17) is 4.74 Å². The Balaban J connectivity index is 3.09. The molecule has 0 aliphatic rings. The highest BCUT2D eigenvalue weighted by atomic mass is 16.5. The third-order valence-electron chi connectivity index (χ3n) is 3.68. The minimum Gasteiger partial charge on any atom is -0.381 e. The number of hydrogen-bond acceptors (Lipinski definition) is 2. The number of ether oxygens (including phenoxy) is 1. The van der Waals surface area contributed by atoms with Crippen LogP contribution in [0.5, 0.6) is 0 Å². The van der Waals surface area contributed by atoms with Gasteiger partial charge in [0.15, 0.2) is 0 Å². The highest BCUT2D eigenvalue weighted by molar-refractivity contribution is 5.78. The molecule has 0 aromatic rings. The fraction of sp³-hybridized carbons (Fsp3) is 0.944. The normalized spacial score (nSPS) is 10.9. The first-order chi connectivity index (χ1) is 9.81. The van der Waals surface area contributed by atoms with Crippen LogP contribution in [-0.4, -0.2) is 19.0 Å². The molecule has 0 heterocycles. The van der Waals surface area contributed by atoms with E-state index in [0.717, 1.165) is 25.9 Å². The van der Waals surface area contributed by atoms with Gasteiger partial charge in [0, 0.05) is 19.4 Å². The van der Waals surface area contributed by atoms with Crippen LogP contribution in [-0.2, 0) is 9.53 Å². The number of Topliss-reactive ketones (excluding diaryl/α,β-unsaturated/α-hetero) is 1. The van der Waals surface area contributed by atoms with Crippen LogP contribution in [0.3, 0.4) is 0 Å². The zero-order valence-electron chi connectivity index (χ0n) is 13.9. The summed E-state index contributed by atoms with van der Waals surface area (Å²) in [6, 6.07) is 0. The van der Waals surface area contributed by atoms with Gasteiger partial charge in [-0.1, -0.05) is 71.6 Å². The fourth-order valence-electron chi connectivity index (χ4n) is 2.37. The second-order valence-corrected chi connectivity index (χ2v) is 5.83. The lowest BCUT2D eigenvalue weighted by atomic mass is 10.0. The third kappa shape index (κ3) is 15.7. The fourth-order valence-corrected chi connectivity index (χ4v) is 2.37. The van der Waals surface area contributed by atoms with Crippen LogP contribution in [0.15, 0.2) is 0 Å². The van der Waals surface area contributed by atoms with Gasteiger partial charge in [-0.3, -0.25) is 4.79 Å². The highest BCUT2D eigenvalue weighted by Crippen LogP contribution is 2.11. The van der Waals surface area contributed by atoms with Gasteiger partial charge < -0.3 is 4.74 Å². The topological polar surface area (TPSA) is 26.3 Å². The van der Waals surface area contributed by atoms with Crippen LogP contribution in [0.25, 0.3) is 0 Å². The second-order valence-electron chi connectivity index (χ2n) is 5.83. The van der Waals surface area contributed by atoms with E-state index in [9.17, 15) is 4.79 Å². The summed E-state index contributed by atoms with van der Waals surface area (Å²) in [5.41, 5.74) is 0. The van der Waals surface area contributed by atoms with Crippen LogP contribution in [0.4, 0.5) is 0 Å². The molecule has 0 saturated heterocycles. The van der Waals surface area contributed by atoms with E-state index < -0.39 is 0 Å². The molecule has 0 rings (SSSR count). The summed E-state index contributed by atoms with van der Waals surface area (Å²) in [6.07, 6.45) is 15.6. The van der Waals surface area contributed by atoms with E-state index in [0.29, 0.717) is 18.8 Å². The number of ketones is 1. The Labute approximate surface area is 126 Å². The summed E-state index contributed by atoms with van der Waals surface area (Å²) in [6.45, 7) is 5.75. The van der Waals surface area contributed by atoms with Crippen molar-refractivity contribution in [3.63, 3.8) is 0 Å². The lowest BCUT2D eigenvalue weighted by Crippen LogP contribution is -2.04. The molecule has 0 spiro atoms. The predicted molar refractivity (Wildman–Crippen MR) is 87.2 cm³/mol. The van der Waals surface area contributed by atoms with E-state index in [1.165, 1.54) is 57.8 Å². The minimum absolute atomic E-state index is 0.376. The predicted octanol–water partition coefficient (Wildman–Crippen LogP) is 5.68. The summed E-state index contributed by atoms with van der Waals surface area (Å²) in [7, 11) is 0. The average Bonchev–Trinajstić information content (AvgIpc) is 2.45. The molecule has 0 bridgehead atoms. The van der Waals surface area contributed by atoms with Crippen LogP contribution >= 0.6 is 0 Å². The first kappa shape index (κ1) is 19.6. The molecule has 0 aliphatic carbocycles. The Hall–Kier alpha value is -0.370. The molecule has 0 aromatic heterocycles. The number of hydrogen-bond donors (Lipinski definition) is 0. The average molecular weight is 284 g/mol. The highest BCUT2D eigenvalue weighted by Gasteiger charge is 2.01. The zero-order valence-corrected chi connectivity index (χ0v) is 13.9. The smallest absolute Gasteiger partial charge is 0.135 e. The molecule has 0 unspecified atom stereocenters. The Morgan fingerprint density at radius 3 is 1.75 bits per heavy atom. The molecule has 0 aromatic carbocycles. The third-order valence-corrected chi connectivity index (χ3v) is 3.68. The zero-order chi connectivity index (χ0) is 14.9. The van der Waals surface area contributed by atoms with Crippen molar-refractivity contribution in [3.8, 4) is 0 Å². The molecule has 0 amide bonds. The maximum absolute atomic E-state index is 11.6. The van der Waals surface area contributed by atoms with E-state index in [1.807, 2.05) is 0 Å². The standard InChI is InChI=1S/C18H36O2/c1-3-5-6-7-8-9-10-11-12-13-14-18(19)15-17-20-16-4-2/h3-17H2,1-2H3. The molecule has 0 radical (unpaired) electrons. The Morgan fingerprint density at radius 1 is 0.650 bits per heavy atom. The van der Waals surface area contributed by atoms with Crippen LogP contribution in [0, 0.1) is 0 Å². The summed E-state index contributed by atoms with van der Waals surface area (Å²) in [5.74, 6) is 0.376. The van der Waals surface area contributed by atoms with Crippen molar-refractivity contribution in [1.82, 2.24) is 0 Å². The Morgan fingerprint density at radius 2 is 1.20 bits per heavy atom. The van der Waals surface area contributed by atoms with Crippen molar-refractivity contribution in [2.75, 3.05) is 13.2 Å². The number of carbonyl (C=O) groups is 1. The molecule has 2 nitrogen and oxygen atoms in total. The monoisotopic (exact) mass is 284 g/mol. The van der Waals surface area contributed by atoms with Gasteiger partial charge >= 0.3 is 0 Å². The van der Waals surface area contributed by atoms with Crippen molar-refractivity contribution in [2.24, 2.45) is 0 Å².